The van der Waals surface area contributed by atoms with E-state index in [0.717, 1.165) is 51.8 Å². The Bertz CT molecular complexity index is 1190. The van der Waals surface area contributed by atoms with Crippen molar-refractivity contribution in [3.63, 3.8) is 0 Å². The fraction of sp³-hybridized carbons (Fsp3) is 0.462. The third-order valence-electron chi connectivity index (χ3n) is 7.54. The highest BCUT2D eigenvalue weighted by atomic mass is 32.1. The molecule has 0 radical (unpaired) electrons. The molecule has 0 aromatic heterocycles. The van der Waals surface area contributed by atoms with Crippen LogP contribution in [-0.2, 0) is 20.7 Å². The molecule has 0 bridgehead atoms. The summed E-state index contributed by atoms with van der Waals surface area (Å²) in [7, 11) is 1.33. The number of fused-ring (bicyclic) bond motifs is 4. The first-order valence-corrected chi connectivity index (χ1v) is 12.3. The number of aliphatic hydroxyl groups excluding tert-OH is 2. The maximum Gasteiger partial charge on any atom is 0.354 e. The summed E-state index contributed by atoms with van der Waals surface area (Å²) in [5.74, 6) is -1.23. The lowest BCUT2D eigenvalue weighted by Crippen LogP contribution is -2.64. The Morgan fingerprint density at radius 2 is 2.12 bits per heavy atom. The second kappa shape index (κ2) is 8.91. The van der Waals surface area contributed by atoms with Crippen LogP contribution in [0.15, 0.2) is 46.5 Å². The molecule has 2 aromatic carbocycles. The van der Waals surface area contributed by atoms with Gasteiger partial charge in [-0.1, -0.05) is 24.6 Å². The summed E-state index contributed by atoms with van der Waals surface area (Å²) < 4.78 is 5.10. The number of esters is 1. The number of hydrogen-bond donors (Lipinski definition) is 4. The average Bonchev–Trinajstić information content (AvgIpc) is 3.09. The van der Waals surface area contributed by atoms with Crippen molar-refractivity contribution < 1.29 is 24.5 Å². The van der Waals surface area contributed by atoms with Crippen molar-refractivity contribution in [3.05, 3.63) is 47.2 Å². The molecule has 2 aliphatic heterocycles. The third kappa shape index (κ3) is 3.51. The molecular weight excluding hydrogens is 452 g/mol. The lowest BCUT2D eigenvalue weighted by atomic mass is 9.71. The molecule has 3 aliphatic rings. The number of amides is 1. The Balaban J connectivity index is 1.60. The zero-order chi connectivity index (χ0) is 24.1. The number of anilines is 1. The number of rotatable bonds is 6. The Morgan fingerprint density at radius 3 is 2.82 bits per heavy atom. The van der Waals surface area contributed by atoms with Crippen molar-refractivity contribution in [2.45, 2.75) is 55.7 Å². The zero-order valence-electron chi connectivity index (χ0n) is 19.3. The lowest BCUT2D eigenvalue weighted by Gasteiger charge is -2.47. The van der Waals surface area contributed by atoms with Gasteiger partial charge in [-0.3, -0.25) is 4.79 Å². The van der Waals surface area contributed by atoms with E-state index in [9.17, 15) is 19.8 Å². The predicted molar refractivity (Wildman–Crippen MR) is 132 cm³/mol. The quantitative estimate of drug-likeness (QED) is 0.287. The van der Waals surface area contributed by atoms with E-state index < -0.39 is 18.0 Å². The molecule has 5 unspecified atom stereocenters. The molecule has 8 heteroatoms. The number of carbonyl (C=O) groups excluding carboxylic acids is 2. The minimum Gasteiger partial charge on any atom is -0.464 e. The summed E-state index contributed by atoms with van der Waals surface area (Å²) in [4.78, 5) is 28.2. The maximum absolute atomic E-state index is 12.9. The molecule has 0 spiro atoms. The van der Waals surface area contributed by atoms with Crippen LogP contribution >= 0.6 is 12.6 Å². The summed E-state index contributed by atoms with van der Waals surface area (Å²) in [5.41, 5.74) is 3.13. The molecule has 5 rings (SSSR count). The number of hydrogen-bond acceptors (Lipinski definition) is 7. The highest BCUT2D eigenvalue weighted by Crippen LogP contribution is 2.53. The van der Waals surface area contributed by atoms with Crippen molar-refractivity contribution in [3.8, 4) is 0 Å². The number of aliphatic hydroxyl groups is 2. The van der Waals surface area contributed by atoms with E-state index in [1.165, 1.54) is 7.11 Å². The van der Waals surface area contributed by atoms with E-state index in [-0.39, 0.29) is 30.5 Å². The summed E-state index contributed by atoms with van der Waals surface area (Å²) >= 11 is 4.69. The first-order chi connectivity index (χ1) is 16.4. The van der Waals surface area contributed by atoms with Gasteiger partial charge in [-0.2, -0.15) is 0 Å². The van der Waals surface area contributed by atoms with E-state index in [1.54, 1.807) is 11.8 Å². The highest BCUT2D eigenvalue weighted by Gasteiger charge is 2.62. The largest absolute Gasteiger partial charge is 0.464 e. The Hall–Kier alpha value is -2.55. The molecule has 1 saturated heterocycles. The van der Waals surface area contributed by atoms with Gasteiger partial charge in [0.1, 0.15) is 5.70 Å². The van der Waals surface area contributed by atoms with Crippen LogP contribution in [0.1, 0.15) is 31.7 Å². The van der Waals surface area contributed by atoms with Crippen molar-refractivity contribution in [2.75, 3.05) is 19.0 Å². The number of benzene rings is 2. The molecule has 1 amide bonds. The lowest BCUT2D eigenvalue weighted by molar-refractivity contribution is -0.164. The van der Waals surface area contributed by atoms with Gasteiger partial charge >= 0.3 is 5.97 Å². The van der Waals surface area contributed by atoms with Gasteiger partial charge in [0, 0.05) is 28.5 Å². The standard InChI is InChI=1S/C26H30N2O5S/c1-13(30)20-23-16-6-4-7-17(22(16)24(26(32)33-2)28(23)25(20)31)27-18-12-14(9-10-29)11-15-5-3-8-19(34)21(15)18/h3,5,8,11-13,16-17,20,23,27,29-30,34H,4,6-7,9-10H2,1-2H3. The molecule has 1 saturated carbocycles. The predicted octanol–water partition coefficient (Wildman–Crippen LogP) is 2.89. The van der Waals surface area contributed by atoms with Crippen LogP contribution < -0.4 is 5.32 Å². The van der Waals surface area contributed by atoms with Crippen molar-refractivity contribution in [1.82, 2.24) is 4.90 Å². The topological polar surface area (TPSA) is 99.1 Å². The molecule has 180 valence electrons. The van der Waals surface area contributed by atoms with Crippen LogP contribution in [0.3, 0.4) is 0 Å². The second-order valence-corrected chi connectivity index (χ2v) is 9.97. The number of nitrogens with zero attached hydrogens (tertiary/aromatic N) is 1. The van der Waals surface area contributed by atoms with Gasteiger partial charge in [0.25, 0.3) is 0 Å². The van der Waals surface area contributed by atoms with E-state index >= 15 is 0 Å². The highest BCUT2D eigenvalue weighted by molar-refractivity contribution is 7.80. The monoisotopic (exact) mass is 482 g/mol. The summed E-state index contributed by atoms with van der Waals surface area (Å²) in [6.45, 7) is 1.69. The van der Waals surface area contributed by atoms with Gasteiger partial charge in [-0.25, -0.2) is 4.79 Å². The summed E-state index contributed by atoms with van der Waals surface area (Å²) in [5, 5.41) is 25.5. The second-order valence-electron chi connectivity index (χ2n) is 9.49. The smallest absolute Gasteiger partial charge is 0.354 e. The van der Waals surface area contributed by atoms with Gasteiger partial charge in [0.15, 0.2) is 0 Å². The molecule has 5 atom stereocenters. The fourth-order valence-electron chi connectivity index (χ4n) is 6.17. The first kappa shape index (κ1) is 23.2. The molecule has 2 heterocycles. The maximum atomic E-state index is 12.9. The number of ether oxygens (including phenoxy) is 1. The van der Waals surface area contributed by atoms with Crippen LogP contribution in [0, 0.1) is 11.8 Å². The molecular formula is C26H30N2O5S. The molecule has 3 N–H and O–H groups in total. The van der Waals surface area contributed by atoms with Crippen LogP contribution in [0.2, 0.25) is 0 Å². The Kier molecular flexibility index (Phi) is 6.08. The van der Waals surface area contributed by atoms with Gasteiger partial charge < -0.3 is 25.2 Å². The number of carbonyl (C=O) groups is 2. The number of β-lactam (4-membered cyclic amide) rings is 1. The third-order valence-corrected chi connectivity index (χ3v) is 7.91. The zero-order valence-corrected chi connectivity index (χ0v) is 20.2. The van der Waals surface area contributed by atoms with E-state index in [2.05, 4.69) is 11.4 Å². The molecule has 2 fully saturated rings. The average molecular weight is 483 g/mol. The van der Waals surface area contributed by atoms with E-state index in [4.69, 9.17) is 17.4 Å². The van der Waals surface area contributed by atoms with Crippen LogP contribution in [0.4, 0.5) is 5.69 Å². The van der Waals surface area contributed by atoms with Gasteiger partial charge in [0.05, 0.1) is 31.2 Å². The van der Waals surface area contributed by atoms with E-state index in [1.807, 2.05) is 24.3 Å². The minimum absolute atomic E-state index is 0.00000979. The molecule has 2 aromatic rings. The Morgan fingerprint density at radius 1 is 1.32 bits per heavy atom. The van der Waals surface area contributed by atoms with Crippen molar-refractivity contribution >= 4 is 41.0 Å². The number of nitrogens with one attached hydrogen (secondary N) is 1. The SMILES string of the molecule is COC(=O)C1=C2C(Nc3cc(CCO)cc4cccc(S)c34)CCCC2C2C(C(C)O)C(=O)N12. The molecule has 7 nitrogen and oxygen atoms in total. The van der Waals surface area contributed by atoms with Gasteiger partial charge in [0.2, 0.25) is 5.91 Å². The normalized spacial score (nSPS) is 26.7. The van der Waals surface area contributed by atoms with Crippen molar-refractivity contribution in [1.29, 1.82) is 0 Å². The summed E-state index contributed by atoms with van der Waals surface area (Å²) in [6.07, 6.45) is 2.36. The molecule has 1 aliphatic carbocycles. The minimum atomic E-state index is -0.772. The van der Waals surface area contributed by atoms with E-state index in [0.29, 0.717) is 12.1 Å². The number of thiol groups is 1. The first-order valence-electron chi connectivity index (χ1n) is 11.8. The molecule has 34 heavy (non-hydrogen) atoms. The van der Waals surface area contributed by atoms with Gasteiger partial charge in [-0.15, -0.1) is 12.6 Å². The van der Waals surface area contributed by atoms with Crippen LogP contribution in [0.25, 0.3) is 10.8 Å². The van der Waals surface area contributed by atoms with Crippen LogP contribution in [0.5, 0.6) is 0 Å². The van der Waals surface area contributed by atoms with Gasteiger partial charge in [-0.05, 0) is 54.8 Å². The van der Waals surface area contributed by atoms with Crippen molar-refractivity contribution in [2.24, 2.45) is 11.8 Å². The van der Waals surface area contributed by atoms with Crippen LogP contribution in [-0.4, -0.2) is 58.9 Å². The summed E-state index contributed by atoms with van der Waals surface area (Å²) in [6, 6.07) is 9.65. The number of methoxy groups -OCH3 is 1. The fourth-order valence-corrected chi connectivity index (χ4v) is 6.50. The Labute approximate surface area is 204 Å².